The highest BCUT2D eigenvalue weighted by molar-refractivity contribution is 9.11. The van der Waals surface area contributed by atoms with Crippen molar-refractivity contribution >= 4 is 31.5 Å². The Morgan fingerprint density at radius 1 is 1.44 bits per heavy atom. The Bertz CT molecular complexity index is 518. The number of alkyl halides is 1. The van der Waals surface area contributed by atoms with Gasteiger partial charge in [-0.05, 0) is 24.1 Å². The maximum absolute atomic E-state index is 12.1. The van der Waals surface area contributed by atoms with Crippen LogP contribution in [-0.2, 0) is 9.84 Å². The van der Waals surface area contributed by atoms with Crippen LogP contribution in [0.5, 0.6) is 0 Å². The molecule has 1 aromatic carbocycles. The molecule has 0 amide bonds. The molecule has 0 saturated carbocycles. The summed E-state index contributed by atoms with van der Waals surface area (Å²) in [4.78, 5) is 0. The van der Waals surface area contributed by atoms with Gasteiger partial charge in [0.05, 0.1) is 0 Å². The van der Waals surface area contributed by atoms with Crippen LogP contribution in [0.4, 0.5) is 5.69 Å². The molecule has 0 saturated heterocycles. The van der Waals surface area contributed by atoms with Crippen molar-refractivity contribution in [3.05, 3.63) is 29.8 Å². The summed E-state index contributed by atoms with van der Waals surface area (Å²) in [6.07, 6.45) is -0.893. The summed E-state index contributed by atoms with van der Waals surface area (Å²) in [5.74, 6) is -0.0362. The number of rotatable bonds is 5. The van der Waals surface area contributed by atoms with Crippen LogP contribution in [0.3, 0.4) is 0 Å². The summed E-state index contributed by atoms with van der Waals surface area (Å²) >= 11 is 3.21. The van der Waals surface area contributed by atoms with Gasteiger partial charge in [0.25, 0.3) is 0 Å². The monoisotopic (exact) mass is 335 g/mol. The zero-order chi connectivity index (χ0) is 14.0. The average Bonchev–Trinajstić information content (AvgIpc) is 2.36. The van der Waals surface area contributed by atoms with Gasteiger partial charge in [0.15, 0.2) is 13.5 Å². The Labute approximate surface area is 116 Å². The Morgan fingerprint density at radius 2 is 2.06 bits per heavy atom. The maximum atomic E-state index is 12.1. The molecule has 1 rings (SSSR count). The molecule has 0 bridgehead atoms. The fraction of sp³-hybridized carbons (Fsp3) is 0.500. The van der Waals surface area contributed by atoms with Crippen molar-refractivity contribution < 1.29 is 13.5 Å². The third kappa shape index (κ3) is 2.70. The van der Waals surface area contributed by atoms with Crippen LogP contribution >= 0.6 is 15.9 Å². The minimum Gasteiger partial charge on any atom is -0.399 e. The lowest BCUT2D eigenvalue weighted by molar-refractivity contribution is 0.160. The summed E-state index contributed by atoms with van der Waals surface area (Å²) in [5.41, 5.74) is 6.63. The lowest BCUT2D eigenvalue weighted by Gasteiger charge is -2.31. The first-order chi connectivity index (χ1) is 8.28. The van der Waals surface area contributed by atoms with Gasteiger partial charge in [0.2, 0.25) is 0 Å². The average molecular weight is 336 g/mol. The predicted molar refractivity (Wildman–Crippen MR) is 77.2 cm³/mol. The molecule has 3 N–H and O–H groups in total. The Morgan fingerprint density at radius 3 is 2.50 bits per heavy atom. The fourth-order valence-corrected chi connectivity index (χ4v) is 4.15. The smallest absolute Gasteiger partial charge is 0.168 e. The van der Waals surface area contributed by atoms with Crippen molar-refractivity contribution in [2.45, 2.75) is 30.0 Å². The molecule has 0 unspecified atom stereocenters. The highest BCUT2D eigenvalue weighted by Crippen LogP contribution is 2.42. The SMILES string of the molecule is CC[C@](Br)([C@H](O)c1cccc(N)c1)S(=O)(=O)CC. The van der Waals surface area contributed by atoms with Gasteiger partial charge >= 0.3 is 0 Å². The van der Waals surface area contributed by atoms with Gasteiger partial charge < -0.3 is 10.8 Å². The summed E-state index contributed by atoms with van der Waals surface area (Å²) in [6.45, 7) is 3.28. The highest BCUT2D eigenvalue weighted by atomic mass is 79.9. The number of hydrogen-bond donors (Lipinski definition) is 2. The number of halogens is 1. The molecule has 6 heteroatoms. The molecule has 0 spiro atoms. The minimum absolute atomic E-state index is 0.0362. The van der Waals surface area contributed by atoms with E-state index in [-0.39, 0.29) is 12.2 Å². The molecule has 102 valence electrons. The second-order valence-electron chi connectivity index (χ2n) is 4.12. The molecule has 0 aliphatic heterocycles. The molecule has 0 aromatic heterocycles. The predicted octanol–water partition coefficient (Wildman–Crippen LogP) is 2.24. The van der Waals surface area contributed by atoms with E-state index in [9.17, 15) is 13.5 Å². The van der Waals surface area contributed by atoms with Crippen molar-refractivity contribution in [2.75, 3.05) is 11.5 Å². The second-order valence-corrected chi connectivity index (χ2v) is 8.59. The lowest BCUT2D eigenvalue weighted by atomic mass is 10.0. The number of benzene rings is 1. The lowest BCUT2D eigenvalue weighted by Crippen LogP contribution is -2.39. The van der Waals surface area contributed by atoms with Gasteiger partial charge in [-0.1, -0.05) is 41.9 Å². The number of aliphatic hydroxyl groups excluding tert-OH is 1. The topological polar surface area (TPSA) is 80.4 Å². The Kier molecular flexibility index (Phi) is 4.80. The molecule has 0 radical (unpaired) electrons. The number of nitrogens with two attached hydrogens (primary N) is 1. The van der Waals surface area contributed by atoms with Gasteiger partial charge in [-0.15, -0.1) is 0 Å². The van der Waals surface area contributed by atoms with E-state index in [2.05, 4.69) is 15.9 Å². The third-order valence-corrected chi connectivity index (χ3v) is 7.79. The number of aliphatic hydroxyl groups is 1. The molecule has 0 aliphatic rings. The standard InChI is InChI=1S/C12H18BrNO3S/c1-3-12(13,18(16,17)4-2)11(15)9-6-5-7-10(14)8-9/h5-8,11,15H,3-4,14H2,1-2H3/t11-,12-/m1/s1. The van der Waals surface area contributed by atoms with Gasteiger partial charge in [-0.2, -0.15) is 0 Å². The molecule has 0 heterocycles. The van der Waals surface area contributed by atoms with Crippen molar-refractivity contribution in [3.63, 3.8) is 0 Å². The van der Waals surface area contributed by atoms with Gasteiger partial charge in [-0.25, -0.2) is 8.42 Å². The van der Waals surface area contributed by atoms with Crippen LogP contribution in [0.15, 0.2) is 24.3 Å². The van der Waals surface area contributed by atoms with E-state index >= 15 is 0 Å². The number of hydrogen-bond acceptors (Lipinski definition) is 4. The van der Waals surface area contributed by atoms with Crippen molar-refractivity contribution in [1.82, 2.24) is 0 Å². The second kappa shape index (κ2) is 5.59. The minimum atomic E-state index is -3.44. The molecular weight excluding hydrogens is 318 g/mol. The summed E-state index contributed by atoms with van der Waals surface area (Å²) in [7, 11) is -3.44. The van der Waals surface area contributed by atoms with E-state index in [1.54, 1.807) is 38.1 Å². The van der Waals surface area contributed by atoms with E-state index in [1.165, 1.54) is 0 Å². The van der Waals surface area contributed by atoms with Crippen LogP contribution in [0.1, 0.15) is 31.9 Å². The van der Waals surface area contributed by atoms with Crippen LogP contribution in [0, 0.1) is 0 Å². The maximum Gasteiger partial charge on any atom is 0.168 e. The van der Waals surface area contributed by atoms with Gasteiger partial charge in [0.1, 0.15) is 6.10 Å². The van der Waals surface area contributed by atoms with E-state index in [1.807, 2.05) is 0 Å². The number of anilines is 1. The van der Waals surface area contributed by atoms with E-state index < -0.39 is 19.6 Å². The quantitative estimate of drug-likeness (QED) is 0.638. The number of sulfone groups is 1. The molecule has 18 heavy (non-hydrogen) atoms. The molecule has 4 nitrogen and oxygen atoms in total. The molecule has 0 aliphatic carbocycles. The van der Waals surface area contributed by atoms with Crippen LogP contribution in [0.2, 0.25) is 0 Å². The van der Waals surface area contributed by atoms with Crippen LogP contribution < -0.4 is 5.73 Å². The third-order valence-electron chi connectivity index (χ3n) is 3.01. The van der Waals surface area contributed by atoms with Crippen molar-refractivity contribution in [2.24, 2.45) is 0 Å². The zero-order valence-corrected chi connectivity index (χ0v) is 12.8. The normalized spacial score (nSPS) is 17.1. The fourth-order valence-electron chi connectivity index (χ4n) is 1.80. The Balaban J connectivity index is 3.26. The highest BCUT2D eigenvalue weighted by Gasteiger charge is 2.45. The largest absolute Gasteiger partial charge is 0.399 e. The van der Waals surface area contributed by atoms with E-state index in [0.29, 0.717) is 11.3 Å². The molecule has 0 fully saturated rings. The summed E-state index contributed by atoms with van der Waals surface area (Å²) < 4.78 is 22.9. The summed E-state index contributed by atoms with van der Waals surface area (Å²) in [6, 6.07) is 6.63. The molecule has 1 aromatic rings. The van der Waals surface area contributed by atoms with E-state index in [4.69, 9.17) is 5.73 Å². The van der Waals surface area contributed by atoms with Gasteiger partial charge in [-0.3, -0.25) is 0 Å². The zero-order valence-electron chi connectivity index (χ0n) is 10.4. The first kappa shape index (κ1) is 15.5. The first-order valence-electron chi connectivity index (χ1n) is 5.73. The van der Waals surface area contributed by atoms with Crippen molar-refractivity contribution in [1.29, 1.82) is 0 Å². The van der Waals surface area contributed by atoms with Crippen LogP contribution in [0.25, 0.3) is 0 Å². The summed E-state index contributed by atoms with van der Waals surface area (Å²) in [5, 5.41) is 10.3. The van der Waals surface area contributed by atoms with Crippen molar-refractivity contribution in [3.8, 4) is 0 Å². The molecule has 2 atom stereocenters. The van der Waals surface area contributed by atoms with Gasteiger partial charge in [0, 0.05) is 11.4 Å². The molecular formula is C12H18BrNO3S. The Hall–Kier alpha value is -0.590. The number of nitrogen functional groups attached to an aromatic ring is 1. The first-order valence-corrected chi connectivity index (χ1v) is 8.17. The van der Waals surface area contributed by atoms with Crippen LogP contribution in [-0.4, -0.2) is 22.9 Å². The van der Waals surface area contributed by atoms with E-state index in [0.717, 1.165) is 0 Å².